The first-order valence-electron chi connectivity index (χ1n) is 7.48. The Morgan fingerprint density at radius 3 is 2.84 bits per heavy atom. The van der Waals surface area contributed by atoms with E-state index >= 15 is 0 Å². The molecular weight excluding hydrogens is 320 g/mol. The van der Waals surface area contributed by atoms with Crippen LogP contribution in [0.3, 0.4) is 0 Å². The Morgan fingerprint density at radius 2 is 2.08 bits per heavy atom. The Balaban J connectivity index is 1.66. The van der Waals surface area contributed by atoms with Crippen LogP contribution < -0.4 is 10.1 Å². The average Bonchev–Trinajstić information content (AvgIpc) is 3.11. The molecule has 0 spiro atoms. The molecule has 3 rings (SSSR count). The summed E-state index contributed by atoms with van der Waals surface area (Å²) in [6, 6.07) is 14.1. The first kappa shape index (κ1) is 16.1. The Labute approximate surface area is 143 Å². The molecule has 0 aliphatic rings. The van der Waals surface area contributed by atoms with Crippen molar-refractivity contribution in [3.05, 3.63) is 54.2 Å². The van der Waals surface area contributed by atoms with Crippen molar-refractivity contribution in [2.24, 2.45) is 0 Å². The fraction of sp³-hybridized carbons (Fsp3) is 0.118. The molecule has 124 valence electrons. The summed E-state index contributed by atoms with van der Waals surface area (Å²) in [5.74, 6) is 0.477. The van der Waals surface area contributed by atoms with Gasteiger partial charge >= 0.3 is 0 Å². The third kappa shape index (κ3) is 3.79. The van der Waals surface area contributed by atoms with Gasteiger partial charge in [0.15, 0.2) is 11.9 Å². The number of anilines is 1. The number of nitriles is 1. The van der Waals surface area contributed by atoms with E-state index in [9.17, 15) is 4.79 Å². The smallest absolute Gasteiger partial charge is 0.267 e. The lowest BCUT2D eigenvalue weighted by Crippen LogP contribution is -2.30. The van der Waals surface area contributed by atoms with Crippen LogP contribution in [0.4, 0.5) is 5.95 Å². The summed E-state index contributed by atoms with van der Waals surface area (Å²) in [6.07, 6.45) is 0.810. The van der Waals surface area contributed by atoms with Gasteiger partial charge in [-0.3, -0.25) is 20.2 Å². The predicted molar refractivity (Wildman–Crippen MR) is 89.5 cm³/mol. The van der Waals surface area contributed by atoms with Crippen molar-refractivity contribution in [1.29, 1.82) is 5.26 Å². The minimum atomic E-state index is -0.827. The van der Waals surface area contributed by atoms with Gasteiger partial charge in [0.05, 0.1) is 5.56 Å². The molecular formula is C17H14N6O2. The summed E-state index contributed by atoms with van der Waals surface area (Å²) in [5.41, 5.74) is 0.972. The lowest BCUT2D eigenvalue weighted by Gasteiger charge is -2.14. The van der Waals surface area contributed by atoms with Gasteiger partial charge in [-0.25, -0.2) is 0 Å². The number of aromatic amines is 1. The van der Waals surface area contributed by atoms with E-state index in [0.29, 0.717) is 22.8 Å². The lowest BCUT2D eigenvalue weighted by molar-refractivity contribution is -0.122. The topological polar surface area (TPSA) is 117 Å². The molecule has 8 nitrogen and oxygen atoms in total. The molecule has 1 aromatic carbocycles. The quantitative estimate of drug-likeness (QED) is 0.738. The number of pyridine rings is 1. The first-order chi connectivity index (χ1) is 12.2. The van der Waals surface area contributed by atoms with Gasteiger partial charge in [-0.05, 0) is 31.2 Å². The number of para-hydroxylation sites is 1. The van der Waals surface area contributed by atoms with Crippen molar-refractivity contribution in [1.82, 2.24) is 20.2 Å². The number of aromatic nitrogens is 4. The molecule has 1 atom stereocenters. The van der Waals surface area contributed by atoms with E-state index in [0.717, 1.165) is 0 Å². The summed E-state index contributed by atoms with van der Waals surface area (Å²) < 4.78 is 5.55. The first-order valence-corrected chi connectivity index (χ1v) is 7.48. The maximum Gasteiger partial charge on any atom is 0.267 e. The molecule has 2 aromatic heterocycles. The van der Waals surface area contributed by atoms with Crippen molar-refractivity contribution in [2.45, 2.75) is 13.0 Å². The minimum absolute atomic E-state index is 0.120. The number of nitrogens with one attached hydrogen (secondary N) is 2. The van der Waals surface area contributed by atoms with Gasteiger partial charge < -0.3 is 4.74 Å². The summed E-state index contributed by atoms with van der Waals surface area (Å²) in [6.45, 7) is 1.58. The minimum Gasteiger partial charge on any atom is -0.480 e. The Morgan fingerprint density at radius 1 is 1.28 bits per heavy atom. The van der Waals surface area contributed by atoms with Crippen LogP contribution in [0.15, 0.2) is 48.7 Å². The predicted octanol–water partition coefficient (Wildman–Crippen LogP) is 2.14. The van der Waals surface area contributed by atoms with Gasteiger partial charge in [0.1, 0.15) is 17.5 Å². The van der Waals surface area contributed by atoms with Crippen LogP contribution in [0.1, 0.15) is 12.5 Å². The molecule has 0 bridgehead atoms. The van der Waals surface area contributed by atoms with Crippen molar-refractivity contribution < 1.29 is 9.53 Å². The number of hydrogen-bond acceptors (Lipinski definition) is 6. The highest BCUT2D eigenvalue weighted by molar-refractivity contribution is 5.92. The molecule has 8 heteroatoms. The summed E-state index contributed by atoms with van der Waals surface area (Å²) in [5, 5.41) is 18.3. The highest BCUT2D eigenvalue weighted by Gasteiger charge is 2.18. The van der Waals surface area contributed by atoms with E-state index in [4.69, 9.17) is 10.00 Å². The maximum absolute atomic E-state index is 12.2. The monoisotopic (exact) mass is 334 g/mol. The molecule has 2 N–H and O–H groups in total. The average molecular weight is 334 g/mol. The Kier molecular flexibility index (Phi) is 4.67. The molecule has 0 saturated heterocycles. The van der Waals surface area contributed by atoms with Crippen LogP contribution in [-0.4, -0.2) is 32.2 Å². The number of benzene rings is 1. The number of hydrogen-bond donors (Lipinski definition) is 2. The lowest BCUT2D eigenvalue weighted by atomic mass is 10.2. The molecule has 0 unspecified atom stereocenters. The van der Waals surface area contributed by atoms with Crippen LogP contribution in [0.2, 0.25) is 0 Å². The number of H-pyrrole nitrogens is 1. The van der Waals surface area contributed by atoms with Gasteiger partial charge in [-0.1, -0.05) is 18.2 Å². The van der Waals surface area contributed by atoms with Gasteiger partial charge in [0.2, 0.25) is 5.95 Å². The zero-order valence-electron chi connectivity index (χ0n) is 13.3. The summed E-state index contributed by atoms with van der Waals surface area (Å²) >= 11 is 0. The number of amides is 1. The Bertz CT molecular complexity index is 916. The van der Waals surface area contributed by atoms with Crippen LogP contribution in [0.25, 0.3) is 11.5 Å². The van der Waals surface area contributed by atoms with E-state index in [1.165, 1.54) is 0 Å². The third-order valence-electron chi connectivity index (χ3n) is 3.31. The highest BCUT2D eigenvalue weighted by Crippen LogP contribution is 2.18. The molecule has 0 radical (unpaired) electrons. The normalized spacial score (nSPS) is 11.4. The zero-order valence-corrected chi connectivity index (χ0v) is 13.3. The molecule has 3 aromatic rings. The van der Waals surface area contributed by atoms with Gasteiger partial charge in [0, 0.05) is 6.20 Å². The van der Waals surface area contributed by atoms with Gasteiger partial charge in [0.25, 0.3) is 5.91 Å². The molecule has 2 heterocycles. The second-order valence-electron chi connectivity index (χ2n) is 5.08. The van der Waals surface area contributed by atoms with Crippen LogP contribution in [-0.2, 0) is 4.79 Å². The molecule has 1 amide bonds. The third-order valence-corrected chi connectivity index (χ3v) is 3.31. The number of carbonyl (C=O) groups is 1. The van der Waals surface area contributed by atoms with E-state index in [1.807, 2.05) is 12.1 Å². The number of nitrogens with zero attached hydrogens (tertiary/aromatic N) is 4. The maximum atomic E-state index is 12.2. The molecule has 0 aliphatic heterocycles. The van der Waals surface area contributed by atoms with Gasteiger partial charge in [-0.2, -0.15) is 10.2 Å². The number of ether oxygens (including phenoxy) is 1. The van der Waals surface area contributed by atoms with Crippen molar-refractivity contribution in [3.63, 3.8) is 0 Å². The summed E-state index contributed by atoms with van der Waals surface area (Å²) in [7, 11) is 0. The molecule has 0 fully saturated rings. The number of rotatable bonds is 5. The molecule has 25 heavy (non-hydrogen) atoms. The zero-order chi connectivity index (χ0) is 17.6. The largest absolute Gasteiger partial charge is 0.480 e. The van der Waals surface area contributed by atoms with Crippen molar-refractivity contribution >= 4 is 11.9 Å². The van der Waals surface area contributed by atoms with Gasteiger partial charge in [-0.15, -0.1) is 5.10 Å². The van der Waals surface area contributed by atoms with Crippen molar-refractivity contribution in [2.75, 3.05) is 5.32 Å². The Hall–Kier alpha value is -3.73. The highest BCUT2D eigenvalue weighted by atomic mass is 16.5. The molecule has 0 aliphatic carbocycles. The van der Waals surface area contributed by atoms with Crippen LogP contribution in [0.5, 0.6) is 5.75 Å². The second kappa shape index (κ2) is 7.23. The fourth-order valence-electron chi connectivity index (χ4n) is 2.05. The van der Waals surface area contributed by atoms with E-state index < -0.39 is 12.0 Å². The van der Waals surface area contributed by atoms with E-state index in [2.05, 4.69) is 25.5 Å². The van der Waals surface area contributed by atoms with E-state index in [1.54, 1.807) is 49.5 Å². The number of carbonyl (C=O) groups excluding carboxylic acids is 1. The van der Waals surface area contributed by atoms with E-state index in [-0.39, 0.29) is 5.95 Å². The second-order valence-corrected chi connectivity index (χ2v) is 5.08. The van der Waals surface area contributed by atoms with Crippen LogP contribution >= 0.6 is 0 Å². The summed E-state index contributed by atoms with van der Waals surface area (Å²) in [4.78, 5) is 20.6. The fourth-order valence-corrected chi connectivity index (χ4v) is 2.05. The van der Waals surface area contributed by atoms with Crippen molar-refractivity contribution in [3.8, 4) is 23.3 Å². The standard InChI is InChI=1S/C17H14N6O2/c1-11(25-14-8-3-2-6-12(14)10-18)16(24)21-17-20-15(22-23-17)13-7-4-5-9-19-13/h2-9,11H,1H3,(H2,20,21,22,23,24)/t11-/m0/s1. The SMILES string of the molecule is C[C@H](Oc1ccccc1C#N)C(=O)Nc1n[nH]c(-c2ccccn2)n1. The van der Waals surface area contributed by atoms with Crippen LogP contribution in [0, 0.1) is 11.3 Å². The molecule has 0 saturated carbocycles.